The summed E-state index contributed by atoms with van der Waals surface area (Å²) in [6, 6.07) is 9.76. The predicted molar refractivity (Wildman–Crippen MR) is 112 cm³/mol. The number of hydrogen-bond donors (Lipinski definition) is 1. The third kappa shape index (κ3) is 3.20. The number of hydrogen-bond acceptors (Lipinski definition) is 5. The van der Waals surface area contributed by atoms with Crippen LogP contribution in [0.25, 0.3) is 5.69 Å². The molecule has 0 radical (unpaired) electrons. The molecule has 1 saturated carbocycles. The first-order valence-corrected chi connectivity index (χ1v) is 10.6. The van der Waals surface area contributed by atoms with Gasteiger partial charge < -0.3 is 5.11 Å². The lowest BCUT2D eigenvalue weighted by molar-refractivity contribution is 0.0304. The zero-order chi connectivity index (χ0) is 20.8. The minimum Gasteiger partial charge on any atom is -0.391 e. The summed E-state index contributed by atoms with van der Waals surface area (Å²) in [5, 5.41) is 14.9. The van der Waals surface area contributed by atoms with Crippen LogP contribution in [0.15, 0.2) is 47.8 Å². The minimum absolute atomic E-state index is 0.0116. The molecule has 2 fully saturated rings. The Kier molecular flexibility index (Phi) is 4.83. The summed E-state index contributed by atoms with van der Waals surface area (Å²) in [5.41, 5.74) is 2.79. The molecule has 2 aliphatic rings. The van der Waals surface area contributed by atoms with Gasteiger partial charge in [0.05, 0.1) is 23.4 Å². The largest absolute Gasteiger partial charge is 0.391 e. The Labute approximate surface area is 175 Å². The molecule has 1 saturated heterocycles. The van der Waals surface area contributed by atoms with Crippen LogP contribution in [0.5, 0.6) is 0 Å². The van der Waals surface area contributed by atoms with Crippen molar-refractivity contribution in [3.8, 4) is 5.69 Å². The smallest absolute Gasteiger partial charge is 0.276 e. The van der Waals surface area contributed by atoms with Gasteiger partial charge in [0.15, 0.2) is 0 Å². The highest BCUT2D eigenvalue weighted by molar-refractivity contribution is 5.33. The fraction of sp³-hybridized carbons (Fsp3) is 0.500. The Morgan fingerprint density at radius 1 is 1.13 bits per heavy atom. The second kappa shape index (κ2) is 7.52. The molecule has 1 N–H and O–H groups in total. The van der Waals surface area contributed by atoms with Gasteiger partial charge in [-0.1, -0.05) is 18.2 Å². The third-order valence-electron chi connectivity index (χ3n) is 7.02. The van der Waals surface area contributed by atoms with Gasteiger partial charge in [0.25, 0.3) is 5.56 Å². The highest BCUT2D eigenvalue weighted by Crippen LogP contribution is 2.41. The number of para-hydroxylation sites is 1. The quantitative estimate of drug-likeness (QED) is 0.708. The normalized spacial score (nSPS) is 26.8. The molecule has 3 heterocycles. The van der Waals surface area contributed by atoms with Crippen LogP contribution in [0.4, 0.5) is 0 Å². The first kappa shape index (κ1) is 19.3. The molecule has 8 heteroatoms. The molecule has 1 aliphatic carbocycles. The first-order valence-electron chi connectivity index (χ1n) is 10.6. The third-order valence-corrected chi connectivity index (χ3v) is 7.02. The summed E-state index contributed by atoms with van der Waals surface area (Å²) in [6.07, 6.45) is 4.49. The molecular weight excluding hydrogens is 380 g/mol. The molecule has 158 valence electrons. The molecule has 2 aromatic heterocycles. The highest BCUT2D eigenvalue weighted by atomic mass is 16.3. The lowest BCUT2D eigenvalue weighted by Crippen LogP contribution is -2.36. The number of benzene rings is 1. The van der Waals surface area contributed by atoms with Crippen LogP contribution in [0, 0.1) is 18.8 Å². The van der Waals surface area contributed by atoms with Crippen molar-refractivity contribution in [2.24, 2.45) is 18.9 Å². The van der Waals surface area contributed by atoms with Crippen molar-refractivity contribution in [2.75, 3.05) is 13.1 Å². The van der Waals surface area contributed by atoms with E-state index in [1.165, 1.54) is 6.33 Å². The van der Waals surface area contributed by atoms with Crippen LogP contribution in [0.2, 0.25) is 0 Å². The van der Waals surface area contributed by atoms with E-state index in [0.29, 0.717) is 18.4 Å². The van der Waals surface area contributed by atoms with Crippen molar-refractivity contribution >= 4 is 0 Å². The van der Waals surface area contributed by atoms with Crippen molar-refractivity contribution in [3.63, 3.8) is 0 Å². The van der Waals surface area contributed by atoms with Gasteiger partial charge in [0.2, 0.25) is 0 Å². The fourth-order valence-corrected chi connectivity index (χ4v) is 5.34. The summed E-state index contributed by atoms with van der Waals surface area (Å²) in [7, 11) is 1.94. The van der Waals surface area contributed by atoms with Crippen LogP contribution in [0.1, 0.15) is 30.1 Å². The molecule has 4 atom stereocenters. The molecule has 5 rings (SSSR count). The lowest BCUT2D eigenvalue weighted by Gasteiger charge is -2.35. The van der Waals surface area contributed by atoms with Gasteiger partial charge in [0.1, 0.15) is 12.7 Å². The van der Waals surface area contributed by atoms with Crippen LogP contribution >= 0.6 is 0 Å². The Bertz CT molecular complexity index is 1070. The molecule has 1 aliphatic heterocycles. The summed E-state index contributed by atoms with van der Waals surface area (Å²) in [5.74, 6) is 0.961. The Morgan fingerprint density at radius 3 is 2.57 bits per heavy atom. The second-order valence-corrected chi connectivity index (χ2v) is 8.74. The van der Waals surface area contributed by atoms with Gasteiger partial charge in [0, 0.05) is 32.4 Å². The van der Waals surface area contributed by atoms with E-state index < -0.39 is 6.10 Å². The molecule has 0 unspecified atom stereocenters. The van der Waals surface area contributed by atoms with E-state index in [4.69, 9.17) is 0 Å². The van der Waals surface area contributed by atoms with Gasteiger partial charge >= 0.3 is 0 Å². The topological polar surface area (TPSA) is 81.1 Å². The Balaban J connectivity index is 1.35. The molecule has 0 amide bonds. The SMILES string of the molecule is Cc1c(CN2C[C@H]3C[C@@H](n4cncn4)[C@H](O)C[C@H]3C2)c(=O)n(-c2ccccc2)n1C. The number of aliphatic hydroxyl groups excluding tert-OH is 1. The summed E-state index contributed by atoms with van der Waals surface area (Å²) >= 11 is 0. The van der Waals surface area contributed by atoms with E-state index in [0.717, 1.165) is 42.9 Å². The highest BCUT2D eigenvalue weighted by Gasteiger charge is 2.42. The number of nitrogens with zero attached hydrogens (tertiary/aromatic N) is 6. The van der Waals surface area contributed by atoms with Crippen molar-refractivity contribution in [1.29, 1.82) is 0 Å². The Hall–Kier alpha value is -2.71. The number of rotatable bonds is 4. The zero-order valence-corrected chi connectivity index (χ0v) is 17.4. The minimum atomic E-state index is -0.401. The van der Waals surface area contributed by atoms with Gasteiger partial charge in [-0.05, 0) is 43.7 Å². The predicted octanol–water partition coefficient (Wildman–Crippen LogP) is 1.52. The number of likely N-dealkylation sites (tertiary alicyclic amines) is 1. The van der Waals surface area contributed by atoms with E-state index in [9.17, 15) is 9.90 Å². The van der Waals surface area contributed by atoms with E-state index in [2.05, 4.69) is 15.0 Å². The van der Waals surface area contributed by atoms with Gasteiger partial charge in [-0.2, -0.15) is 5.10 Å². The molecule has 30 heavy (non-hydrogen) atoms. The van der Waals surface area contributed by atoms with Crippen molar-refractivity contribution in [1.82, 2.24) is 29.0 Å². The van der Waals surface area contributed by atoms with E-state index in [1.807, 2.05) is 49.0 Å². The summed E-state index contributed by atoms with van der Waals surface area (Å²) in [4.78, 5) is 19.6. The van der Waals surface area contributed by atoms with Crippen LogP contribution in [-0.2, 0) is 13.6 Å². The molecule has 0 bridgehead atoms. The first-order chi connectivity index (χ1) is 14.5. The van der Waals surface area contributed by atoms with Gasteiger partial charge in [-0.25, -0.2) is 14.3 Å². The van der Waals surface area contributed by atoms with Gasteiger partial charge in [-0.15, -0.1) is 0 Å². The van der Waals surface area contributed by atoms with Crippen LogP contribution in [0.3, 0.4) is 0 Å². The van der Waals surface area contributed by atoms with E-state index in [1.54, 1.807) is 15.7 Å². The number of aliphatic hydroxyl groups is 1. The fourth-order valence-electron chi connectivity index (χ4n) is 5.34. The van der Waals surface area contributed by atoms with Crippen LogP contribution in [-0.4, -0.2) is 53.3 Å². The average Bonchev–Trinajstić information content (AvgIpc) is 3.44. The average molecular weight is 409 g/mol. The van der Waals surface area contributed by atoms with Crippen molar-refractivity contribution < 1.29 is 5.11 Å². The number of aromatic nitrogens is 5. The molecular formula is C22H28N6O2. The van der Waals surface area contributed by atoms with Crippen LogP contribution < -0.4 is 5.56 Å². The maximum absolute atomic E-state index is 13.2. The summed E-state index contributed by atoms with van der Waals surface area (Å²) < 4.78 is 5.49. The molecule has 0 spiro atoms. The van der Waals surface area contributed by atoms with E-state index >= 15 is 0 Å². The Morgan fingerprint density at radius 2 is 1.87 bits per heavy atom. The molecule has 1 aromatic carbocycles. The standard InChI is InChI=1S/C22H28N6O2/c1-15-19(22(30)28(25(15)2)18-6-4-3-5-7-18)12-26-10-16-8-20(27-14-23-13-24-27)21(29)9-17(16)11-26/h3-7,13-14,16-17,20-21,29H,8-12H2,1-2H3/t16-,17+,20-,21-/m1/s1. The maximum Gasteiger partial charge on any atom is 0.276 e. The molecule has 3 aromatic rings. The molecule has 8 nitrogen and oxygen atoms in total. The van der Waals surface area contributed by atoms with Crippen molar-refractivity contribution in [2.45, 2.75) is 38.5 Å². The monoisotopic (exact) mass is 408 g/mol. The number of fused-ring (bicyclic) bond motifs is 1. The zero-order valence-electron chi connectivity index (χ0n) is 17.4. The maximum atomic E-state index is 13.2. The second-order valence-electron chi connectivity index (χ2n) is 8.74. The lowest BCUT2D eigenvalue weighted by atomic mass is 9.77. The summed E-state index contributed by atoms with van der Waals surface area (Å²) in [6.45, 7) is 4.53. The van der Waals surface area contributed by atoms with Crippen molar-refractivity contribution in [3.05, 3.63) is 64.6 Å². The van der Waals surface area contributed by atoms with Gasteiger partial charge in [-0.3, -0.25) is 14.4 Å². The van der Waals surface area contributed by atoms with E-state index in [-0.39, 0.29) is 11.6 Å².